The number of amides is 1. The van der Waals surface area contributed by atoms with Crippen LogP contribution in [-0.2, 0) is 11.3 Å². The molecule has 0 radical (unpaired) electrons. The summed E-state index contributed by atoms with van der Waals surface area (Å²) >= 11 is 6.06. The first-order valence-electron chi connectivity index (χ1n) is 5.91. The van der Waals surface area contributed by atoms with Crippen LogP contribution in [0, 0.1) is 11.3 Å². The highest BCUT2D eigenvalue weighted by Crippen LogP contribution is 2.27. The molecule has 0 bridgehead atoms. The van der Waals surface area contributed by atoms with Gasteiger partial charge in [-0.15, -0.1) is 11.6 Å². The summed E-state index contributed by atoms with van der Waals surface area (Å²) in [7, 11) is 0. The Morgan fingerprint density at radius 3 is 2.95 bits per heavy atom. The minimum absolute atomic E-state index is 0.159. The molecular weight excluding hydrogens is 266 g/mol. The highest BCUT2D eigenvalue weighted by atomic mass is 35.5. The first kappa shape index (κ1) is 13.6. The predicted molar refractivity (Wildman–Crippen MR) is 69.8 cm³/mol. The Balaban J connectivity index is 2.32. The zero-order valence-electron chi connectivity index (χ0n) is 10.8. The third-order valence-corrected chi connectivity index (χ3v) is 3.02. The normalized spacial score (nSPS) is 14.9. The minimum Gasteiger partial charge on any atom is -0.490 e. The second kappa shape index (κ2) is 5.06. The second-order valence-corrected chi connectivity index (χ2v) is 5.78. The number of ether oxygens (including phenoxy) is 1. The third-order valence-electron chi connectivity index (χ3n) is 2.86. The van der Waals surface area contributed by atoms with Crippen LogP contribution in [0.4, 0.5) is 0 Å². The van der Waals surface area contributed by atoms with Crippen LogP contribution in [-0.4, -0.2) is 33.8 Å². The van der Waals surface area contributed by atoms with E-state index in [0.29, 0.717) is 31.0 Å². The van der Waals surface area contributed by atoms with Crippen LogP contribution in [0.5, 0.6) is 5.75 Å². The third kappa shape index (κ3) is 2.79. The van der Waals surface area contributed by atoms with E-state index < -0.39 is 4.87 Å². The van der Waals surface area contributed by atoms with E-state index in [1.54, 1.807) is 24.9 Å². The maximum absolute atomic E-state index is 12.2. The molecule has 0 aliphatic carbocycles. The Morgan fingerprint density at radius 2 is 2.32 bits per heavy atom. The fourth-order valence-electron chi connectivity index (χ4n) is 1.95. The van der Waals surface area contributed by atoms with Gasteiger partial charge in [0.25, 0.3) is 0 Å². The van der Waals surface area contributed by atoms with Crippen LogP contribution in [0.1, 0.15) is 25.0 Å². The summed E-state index contributed by atoms with van der Waals surface area (Å²) in [5.74, 6) is 0.355. The van der Waals surface area contributed by atoms with E-state index in [2.05, 4.69) is 4.98 Å². The summed E-state index contributed by atoms with van der Waals surface area (Å²) in [4.78, 5) is 16.9. The molecule has 2 rings (SSSR count). The number of carbonyl (C=O) groups is 1. The Hall–Kier alpha value is -1.80. The van der Waals surface area contributed by atoms with Crippen molar-refractivity contribution < 1.29 is 9.53 Å². The van der Waals surface area contributed by atoms with Crippen molar-refractivity contribution in [3.05, 3.63) is 23.5 Å². The number of rotatable bonds is 1. The number of hydrogen-bond donors (Lipinski definition) is 0. The topological polar surface area (TPSA) is 66.2 Å². The molecule has 0 unspecified atom stereocenters. The molecular formula is C13H14ClN3O2. The van der Waals surface area contributed by atoms with E-state index in [9.17, 15) is 4.79 Å². The standard InChI is InChI=1S/C13H14ClN3O2/c1-13(2,14)12(18)17-3-4-19-11-9(5-15)6-16-7-10(11)8-17/h6-7H,3-4,8H2,1-2H3. The average molecular weight is 280 g/mol. The highest BCUT2D eigenvalue weighted by molar-refractivity contribution is 6.34. The Bertz CT molecular complexity index is 546. The van der Waals surface area contributed by atoms with Gasteiger partial charge >= 0.3 is 0 Å². The van der Waals surface area contributed by atoms with Gasteiger partial charge in [-0.1, -0.05) is 0 Å². The van der Waals surface area contributed by atoms with Crippen molar-refractivity contribution in [3.63, 3.8) is 0 Å². The lowest BCUT2D eigenvalue weighted by atomic mass is 10.1. The van der Waals surface area contributed by atoms with Crippen molar-refractivity contribution in [1.82, 2.24) is 9.88 Å². The Morgan fingerprint density at radius 1 is 1.58 bits per heavy atom. The van der Waals surface area contributed by atoms with Gasteiger partial charge < -0.3 is 9.64 Å². The van der Waals surface area contributed by atoms with E-state index in [-0.39, 0.29) is 5.91 Å². The van der Waals surface area contributed by atoms with E-state index in [1.165, 1.54) is 6.20 Å². The van der Waals surface area contributed by atoms with Crippen LogP contribution in [0.15, 0.2) is 12.4 Å². The van der Waals surface area contributed by atoms with Crippen molar-refractivity contribution in [3.8, 4) is 11.8 Å². The van der Waals surface area contributed by atoms with Gasteiger partial charge in [0, 0.05) is 18.0 Å². The van der Waals surface area contributed by atoms with Crippen LogP contribution in [0.3, 0.4) is 0 Å². The number of aromatic nitrogens is 1. The lowest BCUT2D eigenvalue weighted by Crippen LogP contribution is -2.42. The Labute approximate surface area is 116 Å². The molecule has 5 nitrogen and oxygen atoms in total. The highest BCUT2D eigenvalue weighted by Gasteiger charge is 2.31. The molecule has 0 aromatic carbocycles. The van der Waals surface area contributed by atoms with Crippen LogP contribution in [0.25, 0.3) is 0 Å². The number of nitrogens with zero attached hydrogens (tertiary/aromatic N) is 3. The number of alkyl halides is 1. The number of nitriles is 1. The lowest BCUT2D eigenvalue weighted by Gasteiger charge is -2.26. The fourth-order valence-corrected chi connectivity index (χ4v) is 2.07. The number of pyridine rings is 1. The summed E-state index contributed by atoms with van der Waals surface area (Å²) in [6, 6.07) is 2.04. The molecule has 100 valence electrons. The zero-order valence-corrected chi connectivity index (χ0v) is 11.6. The number of fused-ring (bicyclic) bond motifs is 1. The maximum Gasteiger partial charge on any atom is 0.243 e. The number of carbonyl (C=O) groups excluding carboxylic acids is 1. The lowest BCUT2D eigenvalue weighted by molar-refractivity contribution is -0.134. The monoisotopic (exact) mass is 279 g/mol. The van der Waals surface area contributed by atoms with Crippen LogP contribution in [0.2, 0.25) is 0 Å². The fraction of sp³-hybridized carbons (Fsp3) is 0.462. The van der Waals surface area contributed by atoms with E-state index in [4.69, 9.17) is 21.6 Å². The smallest absolute Gasteiger partial charge is 0.243 e. The average Bonchev–Trinajstić information content (AvgIpc) is 2.58. The molecule has 1 aromatic heterocycles. The van der Waals surface area contributed by atoms with Crippen molar-refractivity contribution in [2.24, 2.45) is 0 Å². The largest absolute Gasteiger partial charge is 0.490 e. The number of hydrogen-bond acceptors (Lipinski definition) is 4. The zero-order chi connectivity index (χ0) is 14.0. The molecule has 1 aliphatic rings. The van der Waals surface area contributed by atoms with Crippen molar-refractivity contribution in [1.29, 1.82) is 5.26 Å². The van der Waals surface area contributed by atoms with E-state index in [0.717, 1.165) is 5.56 Å². The molecule has 19 heavy (non-hydrogen) atoms. The van der Waals surface area contributed by atoms with Gasteiger partial charge in [0.2, 0.25) is 5.91 Å². The van der Waals surface area contributed by atoms with Crippen molar-refractivity contribution >= 4 is 17.5 Å². The first-order valence-corrected chi connectivity index (χ1v) is 6.29. The van der Waals surface area contributed by atoms with Gasteiger partial charge in [0.15, 0.2) is 0 Å². The van der Waals surface area contributed by atoms with Crippen molar-refractivity contribution in [2.45, 2.75) is 25.3 Å². The van der Waals surface area contributed by atoms with Crippen molar-refractivity contribution in [2.75, 3.05) is 13.2 Å². The van der Waals surface area contributed by atoms with Crippen LogP contribution < -0.4 is 4.74 Å². The quantitative estimate of drug-likeness (QED) is 0.734. The number of halogens is 1. The molecule has 0 atom stereocenters. The maximum atomic E-state index is 12.2. The molecule has 0 fully saturated rings. The van der Waals surface area contributed by atoms with Gasteiger partial charge in [0.1, 0.15) is 28.9 Å². The SMILES string of the molecule is CC(C)(Cl)C(=O)N1CCOc2c(C#N)cncc2C1. The summed E-state index contributed by atoms with van der Waals surface area (Å²) in [6.45, 7) is 4.45. The molecule has 2 heterocycles. The van der Waals surface area contributed by atoms with E-state index in [1.807, 2.05) is 6.07 Å². The van der Waals surface area contributed by atoms with Gasteiger partial charge in [-0.2, -0.15) is 5.26 Å². The molecule has 6 heteroatoms. The molecule has 1 aromatic rings. The minimum atomic E-state index is -0.954. The molecule has 0 spiro atoms. The molecule has 0 saturated carbocycles. The molecule has 1 amide bonds. The van der Waals surface area contributed by atoms with E-state index >= 15 is 0 Å². The summed E-state index contributed by atoms with van der Waals surface area (Å²) in [5, 5.41) is 9.02. The van der Waals surface area contributed by atoms with Crippen LogP contribution >= 0.6 is 11.6 Å². The van der Waals surface area contributed by atoms with Gasteiger partial charge in [-0.05, 0) is 13.8 Å². The Kier molecular flexibility index (Phi) is 3.63. The molecule has 0 saturated heterocycles. The molecule has 0 N–H and O–H groups in total. The predicted octanol–water partition coefficient (Wildman–Crippen LogP) is 1.69. The van der Waals surface area contributed by atoms with Gasteiger partial charge in [-0.3, -0.25) is 9.78 Å². The van der Waals surface area contributed by atoms with Gasteiger partial charge in [-0.25, -0.2) is 0 Å². The summed E-state index contributed by atoms with van der Waals surface area (Å²) in [6.07, 6.45) is 3.07. The molecule has 1 aliphatic heterocycles. The second-order valence-electron chi connectivity index (χ2n) is 4.83. The summed E-state index contributed by atoms with van der Waals surface area (Å²) in [5.41, 5.74) is 1.11. The summed E-state index contributed by atoms with van der Waals surface area (Å²) < 4.78 is 5.56. The first-order chi connectivity index (χ1) is 8.93. The van der Waals surface area contributed by atoms with Gasteiger partial charge in [0.05, 0.1) is 13.1 Å².